The summed E-state index contributed by atoms with van der Waals surface area (Å²) < 4.78 is 0. The van der Waals surface area contributed by atoms with Crippen LogP contribution in [-0.4, -0.2) is 11.1 Å². The molecule has 0 amide bonds. The van der Waals surface area contributed by atoms with Crippen LogP contribution in [0, 0.1) is 0 Å². The van der Waals surface area contributed by atoms with Crippen molar-refractivity contribution in [2.75, 3.05) is 0 Å². The van der Waals surface area contributed by atoms with Crippen LogP contribution in [0.15, 0.2) is 18.2 Å². The van der Waals surface area contributed by atoms with Crippen molar-refractivity contribution in [2.45, 2.75) is 25.8 Å². The minimum absolute atomic E-state index is 0.313. The highest BCUT2D eigenvalue weighted by Gasteiger charge is 2.15. The maximum Gasteiger partial charge on any atom is 0.325 e. The van der Waals surface area contributed by atoms with Gasteiger partial charge in [-0.15, -0.1) is 0 Å². The van der Waals surface area contributed by atoms with E-state index in [4.69, 9.17) is 22.4 Å². The Labute approximate surface area is 93.9 Å². The van der Waals surface area contributed by atoms with Gasteiger partial charge in [-0.3, -0.25) is 4.79 Å². The molecule has 1 atom stereocenters. The summed E-state index contributed by atoms with van der Waals surface area (Å²) in [5.41, 5.74) is 7.00. The molecule has 0 saturated carbocycles. The van der Waals surface area contributed by atoms with Crippen molar-refractivity contribution in [1.29, 1.82) is 0 Å². The van der Waals surface area contributed by atoms with Crippen molar-refractivity contribution >= 4 is 17.6 Å². The summed E-state index contributed by atoms with van der Waals surface area (Å²) in [4.78, 5) is 10.7. The molecule has 0 aliphatic rings. The van der Waals surface area contributed by atoms with Crippen LogP contribution in [0.1, 0.15) is 36.9 Å². The van der Waals surface area contributed by atoms with Crippen LogP contribution in [-0.2, 0) is 4.79 Å². The number of carboxylic acids is 1. The predicted octanol–water partition coefficient (Wildman–Crippen LogP) is 2.55. The van der Waals surface area contributed by atoms with E-state index in [0.717, 1.165) is 5.56 Å². The molecule has 4 heteroatoms. The average molecular weight is 228 g/mol. The summed E-state index contributed by atoms with van der Waals surface area (Å²) in [6, 6.07) is 4.14. The Morgan fingerprint density at radius 3 is 2.47 bits per heavy atom. The minimum Gasteiger partial charge on any atom is -0.480 e. The number of aliphatic carboxylic acids is 1. The molecule has 0 aliphatic heterocycles. The molecule has 0 saturated heterocycles. The quantitative estimate of drug-likeness (QED) is 0.834. The van der Waals surface area contributed by atoms with E-state index < -0.39 is 12.0 Å². The molecule has 0 radical (unpaired) electrons. The van der Waals surface area contributed by atoms with Crippen molar-refractivity contribution in [3.63, 3.8) is 0 Å². The van der Waals surface area contributed by atoms with Crippen molar-refractivity contribution in [1.82, 2.24) is 0 Å². The lowest BCUT2D eigenvalue weighted by atomic mass is 9.99. The number of carbonyl (C=O) groups is 1. The van der Waals surface area contributed by atoms with Gasteiger partial charge in [0.25, 0.3) is 0 Å². The Balaban J connectivity index is 3.06. The molecule has 0 fully saturated rings. The molecule has 3 N–H and O–H groups in total. The fourth-order valence-electron chi connectivity index (χ4n) is 1.35. The van der Waals surface area contributed by atoms with Crippen molar-refractivity contribution in [3.8, 4) is 0 Å². The summed E-state index contributed by atoms with van der Waals surface area (Å²) in [6.45, 7) is 4.05. The van der Waals surface area contributed by atoms with Gasteiger partial charge in [0.1, 0.15) is 6.04 Å². The normalized spacial score (nSPS) is 12.9. The fourth-order valence-corrected chi connectivity index (χ4v) is 1.75. The molecule has 15 heavy (non-hydrogen) atoms. The molecule has 0 spiro atoms. The summed E-state index contributed by atoms with van der Waals surface area (Å²) >= 11 is 6.02. The third-order valence-corrected chi connectivity index (χ3v) is 2.60. The molecule has 1 aromatic rings. The second-order valence-electron chi connectivity index (χ2n) is 3.75. The summed E-state index contributed by atoms with van der Waals surface area (Å²) in [5, 5.41) is 9.31. The maximum absolute atomic E-state index is 10.7. The van der Waals surface area contributed by atoms with Crippen molar-refractivity contribution in [2.24, 2.45) is 5.73 Å². The monoisotopic (exact) mass is 227 g/mol. The maximum atomic E-state index is 10.7. The third-order valence-electron chi connectivity index (χ3n) is 2.27. The Morgan fingerprint density at radius 1 is 1.47 bits per heavy atom. The molecular weight excluding hydrogens is 214 g/mol. The second-order valence-corrected chi connectivity index (χ2v) is 4.16. The summed E-state index contributed by atoms with van der Waals surface area (Å²) in [6.07, 6.45) is 0. The number of rotatable bonds is 3. The Kier molecular flexibility index (Phi) is 3.72. The van der Waals surface area contributed by atoms with Crippen LogP contribution in [0.4, 0.5) is 0 Å². The van der Waals surface area contributed by atoms with Gasteiger partial charge in [-0.05, 0) is 23.1 Å². The van der Waals surface area contributed by atoms with Gasteiger partial charge in [-0.2, -0.15) is 0 Å². The van der Waals surface area contributed by atoms with E-state index in [0.29, 0.717) is 16.5 Å². The first-order valence-electron chi connectivity index (χ1n) is 4.71. The lowest BCUT2D eigenvalue weighted by Crippen LogP contribution is -2.20. The SMILES string of the molecule is CC(C)c1ccc(C(N)C(=O)O)cc1Cl. The molecule has 0 aromatic heterocycles. The van der Waals surface area contributed by atoms with Gasteiger partial charge in [0.2, 0.25) is 0 Å². The van der Waals surface area contributed by atoms with E-state index >= 15 is 0 Å². The van der Waals surface area contributed by atoms with Gasteiger partial charge < -0.3 is 10.8 Å². The summed E-state index contributed by atoms with van der Waals surface area (Å²) in [7, 11) is 0. The minimum atomic E-state index is -1.05. The topological polar surface area (TPSA) is 63.3 Å². The van der Waals surface area contributed by atoms with Crippen LogP contribution in [0.3, 0.4) is 0 Å². The highest BCUT2D eigenvalue weighted by Crippen LogP contribution is 2.26. The number of benzene rings is 1. The highest BCUT2D eigenvalue weighted by molar-refractivity contribution is 6.31. The van der Waals surface area contributed by atoms with Gasteiger partial charge in [0.05, 0.1) is 0 Å². The molecule has 3 nitrogen and oxygen atoms in total. The predicted molar refractivity (Wildman–Crippen MR) is 60.1 cm³/mol. The van der Waals surface area contributed by atoms with Gasteiger partial charge in [0.15, 0.2) is 0 Å². The Bertz CT molecular complexity index is 377. The van der Waals surface area contributed by atoms with Crippen molar-refractivity contribution in [3.05, 3.63) is 34.3 Å². The Morgan fingerprint density at radius 2 is 2.07 bits per heavy atom. The van der Waals surface area contributed by atoms with E-state index in [-0.39, 0.29) is 0 Å². The number of hydrogen-bond acceptors (Lipinski definition) is 2. The van der Waals surface area contributed by atoms with E-state index in [1.54, 1.807) is 12.1 Å². The molecular formula is C11H14ClNO2. The van der Waals surface area contributed by atoms with Crippen LogP contribution < -0.4 is 5.73 Å². The van der Waals surface area contributed by atoms with E-state index in [9.17, 15) is 4.79 Å². The number of halogens is 1. The molecule has 0 heterocycles. The fraction of sp³-hybridized carbons (Fsp3) is 0.364. The third kappa shape index (κ3) is 2.70. The van der Waals surface area contributed by atoms with E-state index in [1.807, 2.05) is 19.9 Å². The molecule has 1 aromatic carbocycles. The average Bonchev–Trinajstić information content (AvgIpc) is 2.15. The smallest absolute Gasteiger partial charge is 0.325 e. The zero-order valence-electron chi connectivity index (χ0n) is 8.70. The number of hydrogen-bond donors (Lipinski definition) is 2. The summed E-state index contributed by atoms with van der Waals surface area (Å²) in [5.74, 6) is -0.740. The molecule has 82 valence electrons. The first-order valence-corrected chi connectivity index (χ1v) is 5.09. The number of nitrogens with two attached hydrogens (primary N) is 1. The lowest BCUT2D eigenvalue weighted by molar-refractivity contribution is -0.138. The van der Waals surface area contributed by atoms with E-state index in [1.165, 1.54) is 0 Å². The Hall–Kier alpha value is -1.06. The van der Waals surface area contributed by atoms with Gasteiger partial charge in [-0.25, -0.2) is 0 Å². The van der Waals surface area contributed by atoms with Crippen LogP contribution in [0.2, 0.25) is 5.02 Å². The second kappa shape index (κ2) is 4.64. The van der Waals surface area contributed by atoms with Crippen LogP contribution in [0.5, 0.6) is 0 Å². The van der Waals surface area contributed by atoms with Crippen LogP contribution in [0.25, 0.3) is 0 Å². The van der Waals surface area contributed by atoms with Crippen molar-refractivity contribution < 1.29 is 9.90 Å². The molecule has 0 aliphatic carbocycles. The van der Waals surface area contributed by atoms with Crippen LogP contribution >= 0.6 is 11.6 Å². The van der Waals surface area contributed by atoms with Gasteiger partial charge in [0, 0.05) is 5.02 Å². The first-order chi connectivity index (χ1) is 6.93. The molecule has 1 rings (SSSR count). The zero-order chi connectivity index (χ0) is 11.6. The van der Waals surface area contributed by atoms with Gasteiger partial charge in [-0.1, -0.05) is 37.6 Å². The van der Waals surface area contributed by atoms with E-state index in [2.05, 4.69) is 0 Å². The van der Waals surface area contributed by atoms with Gasteiger partial charge >= 0.3 is 5.97 Å². The first kappa shape index (κ1) is 12.0. The molecule has 1 unspecified atom stereocenters. The molecule has 0 bridgehead atoms. The number of carboxylic acid groups (broad SMARTS) is 1. The zero-order valence-corrected chi connectivity index (χ0v) is 9.45. The largest absolute Gasteiger partial charge is 0.480 e. The lowest BCUT2D eigenvalue weighted by Gasteiger charge is -2.12. The standard InChI is InChI=1S/C11H14ClNO2/c1-6(2)8-4-3-7(5-9(8)12)10(13)11(14)15/h3-6,10H,13H2,1-2H3,(H,14,15). The highest BCUT2D eigenvalue weighted by atomic mass is 35.5.